The number of aliphatic carboxylic acids is 1. The van der Waals surface area contributed by atoms with Crippen LogP contribution in [0.4, 0.5) is 22.8 Å². The summed E-state index contributed by atoms with van der Waals surface area (Å²) in [6, 6.07) is 19.7. The molecule has 3 saturated heterocycles. The van der Waals surface area contributed by atoms with Gasteiger partial charge in [-0.15, -0.1) is 0 Å². The van der Waals surface area contributed by atoms with Gasteiger partial charge >= 0.3 is 47.9 Å². The summed E-state index contributed by atoms with van der Waals surface area (Å²) >= 11 is 0. The molecule has 2 aromatic carbocycles. The number of piperidine rings is 1. The van der Waals surface area contributed by atoms with Crippen molar-refractivity contribution in [2.75, 3.05) is 34.1 Å². The molecule has 0 saturated carbocycles. The Bertz CT molecular complexity index is 1290. The third-order valence-electron chi connectivity index (χ3n) is 8.70. The second-order valence-electron chi connectivity index (χ2n) is 11.2. The molecule has 2 aromatic rings. The van der Waals surface area contributed by atoms with E-state index in [1.54, 1.807) is 0 Å². The van der Waals surface area contributed by atoms with Gasteiger partial charge in [-0.1, -0.05) is 60.7 Å². The molecule has 3 heterocycles. The number of carbonyl (C=O) groups is 4. The van der Waals surface area contributed by atoms with Crippen LogP contribution < -0.4 is 39.8 Å². The van der Waals surface area contributed by atoms with E-state index in [0.717, 1.165) is 20.0 Å². The van der Waals surface area contributed by atoms with E-state index in [4.69, 9.17) is 34.0 Å². The van der Waals surface area contributed by atoms with Crippen molar-refractivity contribution in [1.29, 1.82) is 0 Å². The van der Waals surface area contributed by atoms with Gasteiger partial charge in [-0.2, -0.15) is 13.2 Å². The van der Waals surface area contributed by atoms with Gasteiger partial charge in [0, 0.05) is 45.6 Å². The number of hydrogen-bond acceptors (Lipinski definition) is 11. The van der Waals surface area contributed by atoms with Crippen molar-refractivity contribution in [2.24, 2.45) is 0 Å². The number of quaternary nitrogens is 1. The van der Waals surface area contributed by atoms with Crippen LogP contribution in [0.1, 0.15) is 49.7 Å². The first-order valence-corrected chi connectivity index (χ1v) is 14.9. The van der Waals surface area contributed by atoms with Crippen molar-refractivity contribution in [3.63, 3.8) is 0 Å². The first kappa shape index (κ1) is 40.8. The number of carboxylic acid groups (broad SMARTS) is 2. The molecule has 0 aliphatic carbocycles. The predicted octanol–water partition coefficient (Wildman–Crippen LogP) is -0.187. The van der Waals surface area contributed by atoms with E-state index in [-0.39, 0.29) is 35.7 Å². The third kappa shape index (κ3) is 10.1. The number of carbonyl (C=O) groups excluding carboxylic acids is 4. The Hall–Kier alpha value is -3.37. The van der Waals surface area contributed by atoms with Gasteiger partial charge in [-0.3, -0.25) is 0 Å². The van der Waals surface area contributed by atoms with Gasteiger partial charge in [-0.05, 0) is 11.1 Å². The maximum Gasteiger partial charge on any atom is 1.00 e. The smallest absolute Gasteiger partial charge is 0.553 e. The molecule has 3 aliphatic heterocycles. The van der Waals surface area contributed by atoms with Crippen LogP contribution in [0, 0.1) is 0 Å². The molecule has 16 heteroatoms. The second kappa shape index (κ2) is 18.4. The molecule has 0 N–H and O–H groups in total. The predicted molar refractivity (Wildman–Crippen MR) is 152 cm³/mol. The Morgan fingerprint density at radius 1 is 0.812 bits per heavy atom. The van der Waals surface area contributed by atoms with Crippen LogP contribution in [-0.4, -0.2) is 87.2 Å². The largest absolute Gasteiger partial charge is 1.00 e. The maximum absolute atomic E-state index is 14.1. The van der Waals surface area contributed by atoms with Crippen LogP contribution in [0.25, 0.3) is 0 Å². The van der Waals surface area contributed by atoms with Crippen molar-refractivity contribution < 1.29 is 100 Å². The summed E-state index contributed by atoms with van der Waals surface area (Å²) in [5.74, 6) is -3.49. The summed E-state index contributed by atoms with van der Waals surface area (Å²) < 4.78 is 58.4. The van der Waals surface area contributed by atoms with E-state index < -0.39 is 42.8 Å². The number of alkyl halides is 3. The SMILES string of the molecule is COC(=O)OCOC(C(=O)OC1CC2CCC(C1)[N+]21CCCC1)(c1ccccc1)c1ccccc1.COC(=O)[O-].O=C([O-])C(F)(F)F.[Na+]. The van der Waals surface area contributed by atoms with Gasteiger partial charge in [0.1, 0.15) is 12.1 Å². The van der Waals surface area contributed by atoms with Crippen molar-refractivity contribution in [3.8, 4) is 0 Å². The molecule has 0 amide bonds. The Morgan fingerprint density at radius 2 is 1.25 bits per heavy atom. The topological polar surface area (TPSA) is 161 Å². The molecular formula is C32H37F3NNaO11. The summed E-state index contributed by atoms with van der Waals surface area (Å²) in [6.45, 7) is 2.07. The van der Waals surface area contributed by atoms with Gasteiger partial charge < -0.3 is 48.0 Å². The van der Waals surface area contributed by atoms with Crippen LogP contribution in [0.5, 0.6) is 0 Å². The molecule has 2 bridgehead atoms. The van der Waals surface area contributed by atoms with Crippen LogP contribution in [0.3, 0.4) is 0 Å². The first-order valence-electron chi connectivity index (χ1n) is 14.9. The number of nitrogens with zero attached hydrogens (tertiary/aromatic N) is 1. The molecule has 12 nitrogen and oxygen atoms in total. The quantitative estimate of drug-likeness (QED) is 0.125. The molecule has 0 radical (unpaired) electrons. The summed E-state index contributed by atoms with van der Waals surface area (Å²) in [5.41, 5.74) is -0.342. The number of ether oxygens (including phenoxy) is 5. The van der Waals surface area contributed by atoms with Gasteiger partial charge in [0.05, 0.1) is 32.3 Å². The van der Waals surface area contributed by atoms with Crippen molar-refractivity contribution in [3.05, 3.63) is 71.8 Å². The summed E-state index contributed by atoms with van der Waals surface area (Å²) in [5, 5.41) is 17.8. The van der Waals surface area contributed by atoms with Gasteiger partial charge in [0.15, 0.2) is 6.79 Å². The van der Waals surface area contributed by atoms with E-state index >= 15 is 0 Å². The number of carboxylic acids is 1. The summed E-state index contributed by atoms with van der Waals surface area (Å²) in [6.07, 6.45) is -0.910. The van der Waals surface area contributed by atoms with Crippen LogP contribution in [-0.2, 0) is 38.9 Å². The minimum atomic E-state index is -5.19. The Balaban J connectivity index is 0.000000529. The minimum absolute atomic E-state index is 0. The van der Waals surface area contributed by atoms with Gasteiger partial charge in [0.2, 0.25) is 5.60 Å². The second-order valence-corrected chi connectivity index (χ2v) is 11.2. The molecule has 2 atom stereocenters. The third-order valence-corrected chi connectivity index (χ3v) is 8.70. The maximum atomic E-state index is 14.1. The number of methoxy groups -OCH3 is 2. The first-order chi connectivity index (χ1) is 22.3. The molecule has 3 fully saturated rings. The Morgan fingerprint density at radius 3 is 1.62 bits per heavy atom. The molecular weight excluding hydrogens is 654 g/mol. The average Bonchev–Trinajstić information content (AvgIpc) is 3.60. The van der Waals surface area contributed by atoms with Crippen LogP contribution >= 0.6 is 0 Å². The molecule has 5 rings (SSSR count). The monoisotopic (exact) mass is 691 g/mol. The summed E-state index contributed by atoms with van der Waals surface area (Å²) in [7, 11) is 2.26. The van der Waals surface area contributed by atoms with Crippen LogP contribution in [0.15, 0.2) is 60.7 Å². The number of rotatable bonds is 7. The fourth-order valence-corrected chi connectivity index (χ4v) is 6.74. The number of benzene rings is 2. The van der Waals surface area contributed by atoms with E-state index in [1.165, 1.54) is 50.4 Å². The fourth-order valence-electron chi connectivity index (χ4n) is 6.74. The van der Waals surface area contributed by atoms with Crippen molar-refractivity contribution in [2.45, 2.75) is 68.5 Å². The zero-order valence-electron chi connectivity index (χ0n) is 26.9. The minimum Gasteiger partial charge on any atom is -0.553 e. The van der Waals surface area contributed by atoms with E-state index in [1.807, 2.05) is 60.7 Å². The van der Waals surface area contributed by atoms with Gasteiger partial charge in [-0.25, -0.2) is 9.59 Å². The van der Waals surface area contributed by atoms with E-state index in [0.29, 0.717) is 23.2 Å². The molecule has 258 valence electrons. The summed E-state index contributed by atoms with van der Waals surface area (Å²) in [4.78, 5) is 43.5. The molecule has 2 unspecified atom stereocenters. The zero-order chi connectivity index (χ0) is 34.7. The van der Waals surface area contributed by atoms with E-state index in [9.17, 15) is 22.8 Å². The Kier molecular flexibility index (Phi) is 15.6. The molecule has 3 aliphatic rings. The average molecular weight is 692 g/mol. The molecule has 0 aromatic heterocycles. The zero-order valence-corrected chi connectivity index (χ0v) is 28.9. The molecule has 1 spiro atoms. The Labute approximate surface area is 297 Å². The fraction of sp³-hybridized carbons (Fsp3) is 0.500. The standard InChI is InChI=1S/C28H34NO6.C2HF3O2.C2H4O3.Na/c1-32-27(31)33-20-34-28(21-10-4-2-5-11-21,22-12-6-3-7-13-22)26(30)35-25-18-23-14-15-24(19-25)29(23)16-8-9-17-29;3-2(4,5)1(6)7;1-5-2(3)4;/h2-7,10-13,23-25H,8-9,14-20H2,1H3;(H,6,7);1H3,(H,3,4);/q+1;;;+1/p-2. The number of halogens is 3. The van der Waals surface area contributed by atoms with Crippen molar-refractivity contribution >= 4 is 24.2 Å². The molecule has 48 heavy (non-hydrogen) atoms. The van der Waals surface area contributed by atoms with Crippen LogP contribution in [0.2, 0.25) is 0 Å². The number of hydrogen-bond donors (Lipinski definition) is 0. The number of esters is 1. The van der Waals surface area contributed by atoms with Gasteiger partial charge in [0.25, 0.3) is 6.16 Å². The normalized spacial score (nSPS) is 20.4. The van der Waals surface area contributed by atoms with E-state index in [2.05, 4.69) is 9.47 Å². The van der Waals surface area contributed by atoms with Crippen molar-refractivity contribution in [1.82, 2.24) is 0 Å².